The van der Waals surface area contributed by atoms with Gasteiger partial charge in [-0.15, -0.1) is 0 Å². The maximum atomic E-state index is 4.70. The van der Waals surface area contributed by atoms with Gasteiger partial charge in [-0.25, -0.2) is 4.98 Å². The van der Waals surface area contributed by atoms with E-state index in [1.165, 1.54) is 0 Å². The molecule has 4 aromatic rings. The Labute approximate surface area is 124 Å². The minimum absolute atomic E-state index is 0. The molecule has 0 radical (unpaired) electrons. The van der Waals surface area contributed by atoms with Gasteiger partial charge in [0.15, 0.2) is 5.65 Å². The predicted molar refractivity (Wildman–Crippen MR) is 88.5 cm³/mol. The van der Waals surface area contributed by atoms with Gasteiger partial charge in [-0.1, -0.05) is 19.9 Å². The second-order valence-electron chi connectivity index (χ2n) is 4.68. The number of rotatable bonds is 1. The van der Waals surface area contributed by atoms with Crippen LogP contribution < -0.4 is 0 Å². The summed E-state index contributed by atoms with van der Waals surface area (Å²) >= 11 is 0. The fourth-order valence-electron chi connectivity index (χ4n) is 2.51. The van der Waals surface area contributed by atoms with Gasteiger partial charge in [0.2, 0.25) is 0 Å². The lowest BCUT2D eigenvalue weighted by Crippen LogP contribution is -1.89. The molecule has 0 aliphatic carbocycles. The quantitative estimate of drug-likeness (QED) is 0.559. The number of nitrogens with zero attached hydrogens (tertiary/aromatic N) is 3. The maximum absolute atomic E-state index is 4.70. The molecule has 0 aromatic carbocycles. The average molecular weight is 280 g/mol. The third-order valence-electron chi connectivity index (χ3n) is 3.44. The van der Waals surface area contributed by atoms with Crippen LogP contribution in [0.1, 0.15) is 20.8 Å². The molecule has 0 saturated carbocycles. The number of fused-ring (bicyclic) bond motifs is 2. The highest BCUT2D eigenvalue weighted by atomic mass is 15.1. The number of hydrogen-bond donors (Lipinski definition) is 1. The lowest BCUT2D eigenvalue weighted by Gasteiger charge is -2.04. The summed E-state index contributed by atoms with van der Waals surface area (Å²) in [4.78, 5) is 4.70. The van der Waals surface area contributed by atoms with Crippen LogP contribution in [0.3, 0.4) is 0 Å². The van der Waals surface area contributed by atoms with E-state index in [0.29, 0.717) is 0 Å². The molecule has 1 N–H and O–H groups in total. The lowest BCUT2D eigenvalue weighted by molar-refractivity contribution is 1.10. The second-order valence-corrected chi connectivity index (χ2v) is 4.68. The van der Waals surface area contributed by atoms with E-state index in [0.717, 1.165) is 33.4 Å². The van der Waals surface area contributed by atoms with E-state index < -0.39 is 0 Å². The highest BCUT2D eigenvalue weighted by molar-refractivity contribution is 5.85. The minimum Gasteiger partial charge on any atom is -0.323 e. The van der Waals surface area contributed by atoms with Gasteiger partial charge >= 0.3 is 0 Å². The minimum atomic E-state index is 0. The summed E-state index contributed by atoms with van der Waals surface area (Å²) in [5.41, 5.74) is 5.30. The third kappa shape index (κ3) is 2.18. The molecule has 4 nitrogen and oxygen atoms in total. The van der Waals surface area contributed by atoms with Crippen LogP contribution in [0, 0.1) is 6.92 Å². The molecule has 4 rings (SSSR count). The Bertz CT molecular complexity index is 892. The highest BCUT2D eigenvalue weighted by Gasteiger charge is 2.11. The number of H-pyrrole nitrogens is 1. The smallest absolute Gasteiger partial charge is 0.155 e. The van der Waals surface area contributed by atoms with Crippen molar-refractivity contribution in [2.24, 2.45) is 0 Å². The fourth-order valence-corrected chi connectivity index (χ4v) is 2.51. The van der Waals surface area contributed by atoms with Crippen LogP contribution in [0.15, 0.2) is 48.9 Å². The van der Waals surface area contributed by atoms with Crippen LogP contribution in [0.25, 0.3) is 27.8 Å². The summed E-state index contributed by atoms with van der Waals surface area (Å²) in [6.07, 6.45) is 5.91. The SMILES string of the molecule is CC.Cc1cc2cn[nH]c2nc1-c1ccn2ccccc12.[HH]. The number of aryl methyl sites for hydroxylation is 1. The molecule has 0 saturated heterocycles. The Morgan fingerprint density at radius 1 is 1.14 bits per heavy atom. The molecule has 0 spiro atoms. The molecule has 4 heteroatoms. The summed E-state index contributed by atoms with van der Waals surface area (Å²) in [5.74, 6) is 0. The molecule has 0 aliphatic heterocycles. The van der Waals surface area contributed by atoms with Crippen molar-refractivity contribution < 1.29 is 1.43 Å². The van der Waals surface area contributed by atoms with Crippen LogP contribution in [0.4, 0.5) is 0 Å². The summed E-state index contributed by atoms with van der Waals surface area (Å²) in [5, 5.41) is 8.01. The Morgan fingerprint density at radius 3 is 2.86 bits per heavy atom. The average Bonchev–Trinajstić information content (AvgIpc) is 3.14. The van der Waals surface area contributed by atoms with Gasteiger partial charge in [0, 0.05) is 24.8 Å². The van der Waals surface area contributed by atoms with E-state index in [4.69, 9.17) is 4.98 Å². The van der Waals surface area contributed by atoms with Gasteiger partial charge in [0.05, 0.1) is 17.4 Å². The number of pyridine rings is 2. The van der Waals surface area contributed by atoms with E-state index in [1.54, 1.807) is 6.20 Å². The van der Waals surface area contributed by atoms with E-state index in [1.807, 2.05) is 32.2 Å². The zero-order valence-electron chi connectivity index (χ0n) is 12.5. The summed E-state index contributed by atoms with van der Waals surface area (Å²) in [6.45, 7) is 6.08. The van der Waals surface area contributed by atoms with Crippen molar-refractivity contribution in [3.8, 4) is 11.3 Å². The van der Waals surface area contributed by atoms with E-state index in [-0.39, 0.29) is 1.43 Å². The lowest BCUT2D eigenvalue weighted by atomic mass is 10.1. The molecular formula is C17H20N4. The van der Waals surface area contributed by atoms with Crippen molar-refractivity contribution in [1.82, 2.24) is 19.6 Å². The van der Waals surface area contributed by atoms with Crippen LogP contribution in [0.2, 0.25) is 0 Å². The number of aromatic nitrogens is 4. The predicted octanol–water partition coefficient (Wildman–Crippen LogP) is 4.46. The van der Waals surface area contributed by atoms with Crippen molar-refractivity contribution in [2.75, 3.05) is 0 Å². The van der Waals surface area contributed by atoms with Crippen molar-refractivity contribution in [3.05, 3.63) is 54.5 Å². The Morgan fingerprint density at radius 2 is 2.00 bits per heavy atom. The largest absolute Gasteiger partial charge is 0.323 e. The molecule has 0 amide bonds. The summed E-state index contributed by atoms with van der Waals surface area (Å²) in [6, 6.07) is 10.4. The zero-order chi connectivity index (χ0) is 14.8. The molecule has 0 fully saturated rings. The number of aromatic amines is 1. The monoisotopic (exact) mass is 280 g/mol. The Kier molecular flexibility index (Phi) is 3.44. The molecule has 4 heterocycles. The zero-order valence-corrected chi connectivity index (χ0v) is 12.5. The van der Waals surface area contributed by atoms with E-state index in [2.05, 4.69) is 45.9 Å². The van der Waals surface area contributed by atoms with Crippen molar-refractivity contribution in [2.45, 2.75) is 20.8 Å². The van der Waals surface area contributed by atoms with Crippen molar-refractivity contribution in [3.63, 3.8) is 0 Å². The third-order valence-corrected chi connectivity index (χ3v) is 3.44. The first kappa shape index (κ1) is 13.4. The Hall–Kier alpha value is -2.62. The standard InChI is InChI=1S/C15H12N4.C2H6.H2/c1-10-8-11-9-16-18-15(11)17-14(10)12-5-7-19-6-3-2-4-13(12)19;1-2;/h2-9H,1H3,(H,16,17,18);1-2H3;1H. The van der Waals surface area contributed by atoms with Gasteiger partial charge in [0.25, 0.3) is 0 Å². The van der Waals surface area contributed by atoms with Gasteiger partial charge in [-0.05, 0) is 36.8 Å². The second kappa shape index (κ2) is 5.40. The summed E-state index contributed by atoms with van der Waals surface area (Å²) in [7, 11) is 0. The molecule has 0 atom stereocenters. The molecule has 4 aromatic heterocycles. The van der Waals surface area contributed by atoms with Crippen molar-refractivity contribution in [1.29, 1.82) is 0 Å². The number of nitrogens with one attached hydrogen (secondary N) is 1. The molecule has 0 aliphatic rings. The molecule has 21 heavy (non-hydrogen) atoms. The van der Waals surface area contributed by atoms with Crippen LogP contribution in [-0.4, -0.2) is 19.6 Å². The molecule has 108 valence electrons. The van der Waals surface area contributed by atoms with Crippen LogP contribution in [-0.2, 0) is 0 Å². The van der Waals surface area contributed by atoms with Gasteiger partial charge in [-0.2, -0.15) is 5.10 Å². The van der Waals surface area contributed by atoms with Gasteiger partial charge in [-0.3, -0.25) is 5.10 Å². The van der Waals surface area contributed by atoms with Gasteiger partial charge < -0.3 is 4.40 Å². The van der Waals surface area contributed by atoms with Crippen LogP contribution >= 0.6 is 0 Å². The first-order valence-electron chi connectivity index (χ1n) is 7.20. The maximum Gasteiger partial charge on any atom is 0.155 e. The number of hydrogen-bond acceptors (Lipinski definition) is 2. The fraction of sp³-hybridized carbons (Fsp3) is 0.176. The van der Waals surface area contributed by atoms with E-state index >= 15 is 0 Å². The molecule has 0 bridgehead atoms. The van der Waals surface area contributed by atoms with Crippen molar-refractivity contribution >= 4 is 16.6 Å². The topological polar surface area (TPSA) is 46.0 Å². The normalized spacial score (nSPS) is 10.6. The summed E-state index contributed by atoms with van der Waals surface area (Å²) < 4.78 is 2.10. The van der Waals surface area contributed by atoms with E-state index in [9.17, 15) is 0 Å². The molecular weight excluding hydrogens is 260 g/mol. The Balaban J connectivity index is 0.000000566. The van der Waals surface area contributed by atoms with Gasteiger partial charge in [0.1, 0.15) is 0 Å². The molecule has 0 unspecified atom stereocenters. The first-order chi connectivity index (χ1) is 10.3. The highest BCUT2D eigenvalue weighted by Crippen LogP contribution is 2.28. The first-order valence-corrected chi connectivity index (χ1v) is 7.20. The van der Waals surface area contributed by atoms with Crippen LogP contribution in [0.5, 0.6) is 0 Å².